The summed E-state index contributed by atoms with van der Waals surface area (Å²) in [5.41, 5.74) is 2.03. The summed E-state index contributed by atoms with van der Waals surface area (Å²) < 4.78 is 27.7. The molecule has 0 N–H and O–H groups in total. The summed E-state index contributed by atoms with van der Waals surface area (Å²) in [6, 6.07) is 16.8. The molecule has 26 heavy (non-hydrogen) atoms. The van der Waals surface area contributed by atoms with Crippen molar-refractivity contribution >= 4 is 15.9 Å². The summed E-state index contributed by atoms with van der Waals surface area (Å²) in [5.74, 6) is -0.157. The van der Waals surface area contributed by atoms with E-state index in [4.69, 9.17) is 0 Å². The number of nitrogens with zero attached hydrogens (tertiary/aromatic N) is 2. The minimum absolute atomic E-state index is 0.0281. The summed E-state index contributed by atoms with van der Waals surface area (Å²) in [6.07, 6.45) is 1.64. The summed E-state index contributed by atoms with van der Waals surface area (Å²) in [6.45, 7) is 0.657. The van der Waals surface area contributed by atoms with Gasteiger partial charge in [0.25, 0.3) is 0 Å². The molecule has 3 fully saturated rings. The van der Waals surface area contributed by atoms with E-state index in [2.05, 4.69) is 0 Å². The van der Waals surface area contributed by atoms with E-state index in [9.17, 15) is 13.2 Å². The zero-order valence-electron chi connectivity index (χ0n) is 14.7. The van der Waals surface area contributed by atoms with Crippen LogP contribution >= 0.6 is 0 Å². The molecule has 2 aromatic carbocycles. The lowest BCUT2D eigenvalue weighted by Crippen LogP contribution is -2.45. The van der Waals surface area contributed by atoms with Crippen molar-refractivity contribution in [3.8, 4) is 11.1 Å². The van der Waals surface area contributed by atoms with E-state index in [1.807, 2.05) is 42.5 Å². The normalized spacial score (nSPS) is 23.9. The molecule has 1 amide bonds. The van der Waals surface area contributed by atoms with Crippen molar-refractivity contribution in [3.63, 3.8) is 0 Å². The molecule has 0 saturated carbocycles. The molecule has 3 aliphatic heterocycles. The van der Waals surface area contributed by atoms with E-state index >= 15 is 0 Å². The molecule has 0 unspecified atom stereocenters. The zero-order chi connectivity index (χ0) is 18.3. The Balaban J connectivity index is 1.62. The lowest BCUT2D eigenvalue weighted by atomic mass is 9.95. The Morgan fingerprint density at radius 2 is 1.54 bits per heavy atom. The van der Waals surface area contributed by atoms with E-state index in [1.54, 1.807) is 24.1 Å². The van der Waals surface area contributed by atoms with E-state index in [0.717, 1.165) is 24.0 Å². The number of hydrogen-bond acceptors (Lipinski definition) is 3. The second-order valence-electron chi connectivity index (χ2n) is 7.09. The van der Waals surface area contributed by atoms with Crippen LogP contribution in [-0.2, 0) is 14.8 Å². The quantitative estimate of drug-likeness (QED) is 0.834. The maximum absolute atomic E-state index is 13.1. The third-order valence-electron chi connectivity index (χ3n) is 5.53. The summed E-state index contributed by atoms with van der Waals surface area (Å²) >= 11 is 0. The number of hydrogen-bond donors (Lipinski definition) is 0. The van der Waals surface area contributed by atoms with Crippen molar-refractivity contribution in [2.45, 2.75) is 23.8 Å². The first-order chi connectivity index (χ1) is 12.5. The van der Waals surface area contributed by atoms with Crippen LogP contribution in [0, 0.1) is 5.92 Å². The Labute approximate surface area is 154 Å². The molecule has 0 radical (unpaired) electrons. The van der Waals surface area contributed by atoms with Crippen LogP contribution in [0.3, 0.4) is 0 Å². The molecule has 5 nitrogen and oxygen atoms in total. The number of rotatable bonds is 3. The monoisotopic (exact) mass is 370 g/mol. The van der Waals surface area contributed by atoms with E-state index in [1.165, 1.54) is 4.31 Å². The molecule has 6 heteroatoms. The lowest BCUT2D eigenvalue weighted by molar-refractivity contribution is -0.138. The van der Waals surface area contributed by atoms with Gasteiger partial charge in [0.15, 0.2) is 0 Å². The smallest absolute Gasteiger partial charge is 0.243 e. The van der Waals surface area contributed by atoms with Crippen LogP contribution in [0.15, 0.2) is 59.5 Å². The second-order valence-corrected chi connectivity index (χ2v) is 9.03. The van der Waals surface area contributed by atoms with Gasteiger partial charge in [-0.3, -0.25) is 4.79 Å². The second kappa shape index (κ2) is 6.52. The highest BCUT2D eigenvalue weighted by molar-refractivity contribution is 7.89. The molecule has 3 heterocycles. The zero-order valence-corrected chi connectivity index (χ0v) is 15.5. The Bertz CT molecular complexity index is 910. The summed E-state index contributed by atoms with van der Waals surface area (Å²) in [4.78, 5) is 14.3. The van der Waals surface area contributed by atoms with Crippen LogP contribution in [0.1, 0.15) is 12.8 Å². The van der Waals surface area contributed by atoms with E-state index < -0.39 is 10.0 Å². The van der Waals surface area contributed by atoms with E-state index in [-0.39, 0.29) is 29.3 Å². The Hall–Kier alpha value is -2.18. The highest BCUT2D eigenvalue weighted by atomic mass is 32.2. The van der Waals surface area contributed by atoms with Crippen LogP contribution in [0.2, 0.25) is 0 Å². The molecule has 0 aromatic heterocycles. The lowest BCUT2D eigenvalue weighted by Gasteiger charge is -2.32. The first kappa shape index (κ1) is 17.2. The maximum atomic E-state index is 13.1. The predicted octanol–water partition coefficient (Wildman–Crippen LogP) is 2.59. The molecule has 0 spiro atoms. The van der Waals surface area contributed by atoms with Gasteiger partial charge in [-0.2, -0.15) is 4.31 Å². The third-order valence-corrected chi connectivity index (χ3v) is 7.38. The van der Waals surface area contributed by atoms with Gasteiger partial charge in [-0.1, -0.05) is 42.5 Å². The van der Waals surface area contributed by atoms with Crippen molar-refractivity contribution < 1.29 is 13.2 Å². The first-order valence-electron chi connectivity index (χ1n) is 8.89. The molecule has 3 saturated heterocycles. The number of sulfonamides is 1. The van der Waals surface area contributed by atoms with Crippen LogP contribution in [0.4, 0.5) is 0 Å². The number of carbonyl (C=O) groups is 1. The number of benzene rings is 2. The summed E-state index contributed by atoms with van der Waals surface area (Å²) in [7, 11) is -1.82. The van der Waals surface area contributed by atoms with Gasteiger partial charge >= 0.3 is 0 Å². The Kier molecular flexibility index (Phi) is 4.32. The molecule has 3 aliphatic rings. The van der Waals surface area contributed by atoms with E-state index in [0.29, 0.717) is 6.54 Å². The highest BCUT2D eigenvalue weighted by Gasteiger charge is 2.42. The van der Waals surface area contributed by atoms with Gasteiger partial charge in [0.05, 0.1) is 10.8 Å². The molecule has 136 valence electrons. The van der Waals surface area contributed by atoms with Gasteiger partial charge in [0.2, 0.25) is 15.9 Å². The van der Waals surface area contributed by atoms with Crippen molar-refractivity contribution in [1.29, 1.82) is 0 Å². The SMILES string of the molecule is CN1C(=O)[C@@H]2CC[C@H]1CN(S(=O)(=O)c1ccc(-c3ccccc3)cc1)C2. The average Bonchev–Trinajstić information content (AvgIpc) is 2.96. The molecule has 0 aliphatic carbocycles. The van der Waals surface area contributed by atoms with Gasteiger partial charge in [-0.05, 0) is 36.1 Å². The van der Waals surface area contributed by atoms with Crippen molar-refractivity contribution in [2.75, 3.05) is 20.1 Å². The molecule has 2 bridgehead atoms. The van der Waals surface area contributed by atoms with Gasteiger partial charge < -0.3 is 4.90 Å². The first-order valence-corrected chi connectivity index (χ1v) is 10.3. The number of piperidine rings is 1. The number of carbonyl (C=O) groups excluding carboxylic acids is 1. The minimum atomic E-state index is -3.60. The number of amides is 1. The van der Waals surface area contributed by atoms with Crippen LogP contribution < -0.4 is 0 Å². The molecule has 2 aromatic rings. The standard InChI is InChI=1S/C20H22N2O3S/c1-21-18-10-7-17(20(21)23)13-22(14-18)26(24,25)19-11-8-16(9-12-19)15-5-3-2-4-6-15/h2-6,8-9,11-12,17-18H,7,10,13-14H2,1H3/t17-,18+/m1/s1. The number of likely N-dealkylation sites (N-methyl/N-ethyl adjacent to an activating group) is 1. The van der Waals surface area contributed by atoms with Crippen molar-refractivity contribution in [2.24, 2.45) is 5.92 Å². The predicted molar refractivity (Wildman–Crippen MR) is 99.9 cm³/mol. The van der Waals surface area contributed by atoms with Crippen molar-refractivity contribution in [3.05, 3.63) is 54.6 Å². The Morgan fingerprint density at radius 1 is 0.885 bits per heavy atom. The number of fused-ring (bicyclic) bond motifs is 4. The Morgan fingerprint density at radius 3 is 2.23 bits per heavy atom. The largest absolute Gasteiger partial charge is 0.341 e. The van der Waals surface area contributed by atoms with Gasteiger partial charge in [-0.15, -0.1) is 0 Å². The fraction of sp³-hybridized carbons (Fsp3) is 0.350. The topological polar surface area (TPSA) is 57.7 Å². The maximum Gasteiger partial charge on any atom is 0.243 e. The molecular formula is C20H22N2O3S. The van der Waals surface area contributed by atoms with Crippen LogP contribution in [-0.4, -0.2) is 49.7 Å². The fourth-order valence-electron chi connectivity index (χ4n) is 3.91. The van der Waals surface area contributed by atoms with Crippen molar-refractivity contribution in [1.82, 2.24) is 9.21 Å². The third kappa shape index (κ3) is 2.93. The molecule has 5 rings (SSSR count). The van der Waals surface area contributed by atoms with Gasteiger partial charge in [0, 0.05) is 26.2 Å². The minimum Gasteiger partial charge on any atom is -0.341 e. The van der Waals surface area contributed by atoms with Gasteiger partial charge in [0.1, 0.15) is 0 Å². The average molecular weight is 370 g/mol. The van der Waals surface area contributed by atoms with Gasteiger partial charge in [-0.25, -0.2) is 8.42 Å². The summed E-state index contributed by atoms with van der Waals surface area (Å²) in [5, 5.41) is 0. The van der Waals surface area contributed by atoms with Crippen LogP contribution in [0.5, 0.6) is 0 Å². The fourth-order valence-corrected chi connectivity index (χ4v) is 5.44. The molecular weight excluding hydrogens is 348 g/mol. The highest BCUT2D eigenvalue weighted by Crippen LogP contribution is 2.31. The van der Waals surface area contributed by atoms with Crippen LogP contribution in [0.25, 0.3) is 11.1 Å². The molecule has 2 atom stereocenters.